The van der Waals surface area contributed by atoms with E-state index in [4.69, 9.17) is 0 Å². The van der Waals surface area contributed by atoms with E-state index < -0.39 is 0 Å². The quantitative estimate of drug-likeness (QED) is 0.556. The molecular formula is C17H24N2O2S2. The van der Waals surface area contributed by atoms with Crippen molar-refractivity contribution in [3.05, 3.63) is 35.4 Å². The van der Waals surface area contributed by atoms with Gasteiger partial charge in [0.2, 0.25) is 5.91 Å². The fraction of sp³-hybridized carbons (Fsp3) is 0.529. The summed E-state index contributed by atoms with van der Waals surface area (Å²) in [6, 6.07) is 7.30. The molecule has 0 aliphatic carbocycles. The summed E-state index contributed by atoms with van der Waals surface area (Å²) >= 11 is 0. The third-order valence-corrected chi connectivity index (χ3v) is 6.85. The van der Waals surface area contributed by atoms with Gasteiger partial charge in [-0.1, -0.05) is 40.1 Å². The second-order valence-electron chi connectivity index (χ2n) is 5.63. The average molecular weight is 353 g/mol. The van der Waals surface area contributed by atoms with E-state index in [1.54, 1.807) is 19.2 Å². The Labute approximate surface area is 146 Å². The van der Waals surface area contributed by atoms with Crippen molar-refractivity contribution in [1.82, 2.24) is 10.6 Å². The first kappa shape index (κ1) is 18.2. The molecule has 1 aromatic carbocycles. The molecule has 0 spiro atoms. The lowest BCUT2D eigenvalue weighted by Gasteiger charge is -2.08. The predicted octanol–water partition coefficient (Wildman–Crippen LogP) is 3.38. The van der Waals surface area contributed by atoms with Gasteiger partial charge in [-0.3, -0.25) is 9.59 Å². The highest BCUT2D eigenvalue weighted by molar-refractivity contribution is 8.77. The Hall–Kier alpha value is -1.14. The molecule has 4 nitrogen and oxygen atoms in total. The van der Waals surface area contributed by atoms with Crippen molar-refractivity contribution in [3.63, 3.8) is 0 Å². The van der Waals surface area contributed by atoms with Crippen molar-refractivity contribution >= 4 is 33.4 Å². The third kappa shape index (κ3) is 6.47. The second-order valence-corrected chi connectivity index (χ2v) is 8.41. The average Bonchev–Trinajstić information content (AvgIpc) is 3.10. The zero-order chi connectivity index (χ0) is 16.5. The molecule has 0 aromatic heterocycles. The standard InChI is InChI=1S/C17H24N2O2S2/c1-18-17(21)14-8-6-13(7-9-14)12-19-16(20)5-3-2-4-15-10-11-22-23-15/h6-9,15H,2-5,10-12H2,1H3,(H,18,21)(H,19,20). The van der Waals surface area contributed by atoms with Gasteiger partial charge in [0.1, 0.15) is 0 Å². The molecule has 23 heavy (non-hydrogen) atoms. The number of benzene rings is 1. The maximum Gasteiger partial charge on any atom is 0.251 e. The van der Waals surface area contributed by atoms with Crippen LogP contribution < -0.4 is 10.6 Å². The number of amides is 2. The van der Waals surface area contributed by atoms with Crippen molar-refractivity contribution in [2.24, 2.45) is 0 Å². The molecule has 126 valence electrons. The van der Waals surface area contributed by atoms with Crippen LogP contribution in [0.1, 0.15) is 48.0 Å². The van der Waals surface area contributed by atoms with E-state index in [1.807, 2.05) is 33.7 Å². The zero-order valence-electron chi connectivity index (χ0n) is 13.5. The monoisotopic (exact) mass is 352 g/mol. The van der Waals surface area contributed by atoms with Crippen LogP contribution in [0.2, 0.25) is 0 Å². The van der Waals surface area contributed by atoms with Crippen LogP contribution in [0.3, 0.4) is 0 Å². The maximum absolute atomic E-state index is 11.8. The molecule has 1 heterocycles. The summed E-state index contributed by atoms with van der Waals surface area (Å²) in [5.74, 6) is 1.28. The molecule has 6 heteroatoms. The van der Waals surface area contributed by atoms with Crippen LogP contribution in [0, 0.1) is 0 Å². The smallest absolute Gasteiger partial charge is 0.251 e. The van der Waals surface area contributed by atoms with Gasteiger partial charge in [0.25, 0.3) is 5.91 Å². The number of carbonyl (C=O) groups excluding carboxylic acids is 2. The zero-order valence-corrected chi connectivity index (χ0v) is 15.1. The van der Waals surface area contributed by atoms with Crippen LogP contribution in [-0.4, -0.2) is 29.9 Å². The van der Waals surface area contributed by atoms with E-state index in [2.05, 4.69) is 10.6 Å². The summed E-state index contributed by atoms with van der Waals surface area (Å²) in [4.78, 5) is 23.3. The molecule has 1 unspecified atom stereocenters. The molecule has 0 saturated carbocycles. The van der Waals surface area contributed by atoms with E-state index in [-0.39, 0.29) is 11.8 Å². The Morgan fingerprint density at radius 1 is 1.22 bits per heavy atom. The van der Waals surface area contributed by atoms with Crippen molar-refractivity contribution < 1.29 is 9.59 Å². The third-order valence-electron chi connectivity index (χ3n) is 3.84. The minimum absolute atomic E-state index is 0.0978. The van der Waals surface area contributed by atoms with Crippen LogP contribution >= 0.6 is 21.6 Å². The summed E-state index contributed by atoms with van der Waals surface area (Å²) in [6.45, 7) is 0.516. The molecule has 1 aliphatic heterocycles. The summed E-state index contributed by atoms with van der Waals surface area (Å²) in [5.41, 5.74) is 1.64. The molecule has 0 radical (unpaired) electrons. The van der Waals surface area contributed by atoms with Crippen molar-refractivity contribution in [2.75, 3.05) is 12.8 Å². The van der Waals surface area contributed by atoms with Crippen LogP contribution in [0.15, 0.2) is 24.3 Å². The fourth-order valence-electron chi connectivity index (χ4n) is 2.43. The first-order chi connectivity index (χ1) is 11.2. The first-order valence-corrected chi connectivity index (χ1v) is 10.4. The molecule has 1 fully saturated rings. The fourth-order valence-corrected chi connectivity index (χ4v) is 5.46. The normalized spacial score (nSPS) is 17.0. The van der Waals surface area contributed by atoms with Crippen molar-refractivity contribution in [2.45, 2.75) is 43.9 Å². The predicted molar refractivity (Wildman–Crippen MR) is 98.6 cm³/mol. The van der Waals surface area contributed by atoms with E-state index in [0.717, 1.165) is 23.7 Å². The maximum atomic E-state index is 11.8. The number of carbonyl (C=O) groups is 2. The molecule has 2 N–H and O–H groups in total. The van der Waals surface area contributed by atoms with Gasteiger partial charge in [-0.2, -0.15) is 0 Å². The summed E-state index contributed by atoms with van der Waals surface area (Å²) < 4.78 is 0. The summed E-state index contributed by atoms with van der Waals surface area (Å²) in [5, 5.41) is 6.32. The van der Waals surface area contributed by atoms with Crippen LogP contribution in [-0.2, 0) is 11.3 Å². The molecule has 2 amide bonds. The van der Waals surface area contributed by atoms with Crippen molar-refractivity contribution in [1.29, 1.82) is 0 Å². The van der Waals surface area contributed by atoms with Crippen LogP contribution in [0.4, 0.5) is 0 Å². The lowest BCUT2D eigenvalue weighted by atomic mass is 10.1. The molecule has 1 aromatic rings. The number of nitrogens with one attached hydrogen (secondary N) is 2. The summed E-state index contributed by atoms with van der Waals surface area (Å²) in [6.07, 6.45) is 5.23. The Morgan fingerprint density at radius 2 is 2.00 bits per heavy atom. The van der Waals surface area contributed by atoms with Crippen LogP contribution in [0.25, 0.3) is 0 Å². The van der Waals surface area contributed by atoms with Gasteiger partial charge in [-0.15, -0.1) is 0 Å². The van der Waals surface area contributed by atoms with E-state index in [1.165, 1.54) is 18.6 Å². The van der Waals surface area contributed by atoms with Gasteiger partial charge >= 0.3 is 0 Å². The van der Waals surface area contributed by atoms with Gasteiger partial charge in [-0.25, -0.2) is 0 Å². The molecule has 1 saturated heterocycles. The van der Waals surface area contributed by atoms with Gasteiger partial charge in [0, 0.05) is 36.6 Å². The highest BCUT2D eigenvalue weighted by Gasteiger charge is 2.15. The molecule has 2 rings (SSSR count). The molecular weight excluding hydrogens is 328 g/mol. The molecule has 0 bridgehead atoms. The first-order valence-electron chi connectivity index (χ1n) is 8.05. The minimum Gasteiger partial charge on any atom is -0.355 e. The number of unbranched alkanes of at least 4 members (excludes halogenated alkanes) is 1. The Kier molecular flexibility index (Phi) is 7.82. The number of rotatable bonds is 8. The number of hydrogen-bond donors (Lipinski definition) is 2. The van der Waals surface area contributed by atoms with Gasteiger partial charge in [0.05, 0.1) is 0 Å². The van der Waals surface area contributed by atoms with E-state index in [0.29, 0.717) is 18.5 Å². The SMILES string of the molecule is CNC(=O)c1ccc(CNC(=O)CCCCC2CCSS2)cc1. The second kappa shape index (κ2) is 9.88. The van der Waals surface area contributed by atoms with E-state index in [9.17, 15) is 9.59 Å². The Balaban J connectivity index is 1.60. The van der Waals surface area contributed by atoms with Crippen LogP contribution in [0.5, 0.6) is 0 Å². The van der Waals surface area contributed by atoms with Crippen molar-refractivity contribution in [3.8, 4) is 0 Å². The lowest BCUT2D eigenvalue weighted by Crippen LogP contribution is -2.22. The topological polar surface area (TPSA) is 58.2 Å². The number of hydrogen-bond acceptors (Lipinski definition) is 4. The van der Waals surface area contributed by atoms with Gasteiger partial charge in [0.15, 0.2) is 0 Å². The lowest BCUT2D eigenvalue weighted by molar-refractivity contribution is -0.121. The van der Waals surface area contributed by atoms with Gasteiger partial charge < -0.3 is 10.6 Å². The molecule has 1 aliphatic rings. The molecule has 1 atom stereocenters. The Morgan fingerprint density at radius 3 is 2.65 bits per heavy atom. The van der Waals surface area contributed by atoms with Gasteiger partial charge in [-0.05, 0) is 37.0 Å². The highest BCUT2D eigenvalue weighted by Crippen LogP contribution is 2.39. The summed E-state index contributed by atoms with van der Waals surface area (Å²) in [7, 11) is 5.58. The highest BCUT2D eigenvalue weighted by atomic mass is 33.1. The largest absolute Gasteiger partial charge is 0.355 e. The minimum atomic E-state index is -0.0978. The Bertz CT molecular complexity index is 514. The van der Waals surface area contributed by atoms with E-state index >= 15 is 0 Å².